The summed E-state index contributed by atoms with van der Waals surface area (Å²) in [5.74, 6) is -2.06. The van der Waals surface area contributed by atoms with Gasteiger partial charge in [-0.05, 0) is 12.1 Å². The number of H-pyrrole nitrogens is 1. The Hall–Kier alpha value is -2.67. The van der Waals surface area contributed by atoms with Gasteiger partial charge in [0, 0.05) is 30.1 Å². The van der Waals surface area contributed by atoms with Crippen molar-refractivity contribution in [2.75, 3.05) is 6.61 Å². The molecule has 1 aromatic carbocycles. The Morgan fingerprint density at radius 1 is 1.29 bits per heavy atom. The summed E-state index contributed by atoms with van der Waals surface area (Å²) < 4.78 is 0. The summed E-state index contributed by atoms with van der Waals surface area (Å²) in [5.41, 5.74) is -0.0583. The van der Waals surface area contributed by atoms with Crippen LogP contribution in [0.15, 0.2) is 35.3 Å². The molecule has 0 aliphatic carbocycles. The first-order valence-electron chi connectivity index (χ1n) is 6.29. The normalized spacial score (nSPS) is 12.0. The summed E-state index contributed by atoms with van der Waals surface area (Å²) in [5, 5.41) is 20.3. The molecular weight excluding hydrogens is 276 g/mol. The van der Waals surface area contributed by atoms with Gasteiger partial charge in [-0.2, -0.15) is 0 Å². The van der Waals surface area contributed by atoms with Crippen molar-refractivity contribution in [1.29, 1.82) is 0 Å². The highest BCUT2D eigenvalue weighted by atomic mass is 16.4. The zero-order valence-corrected chi connectivity index (χ0v) is 11.0. The fraction of sp³-hybridized carbons (Fsp3) is 0.214. The Morgan fingerprint density at radius 3 is 2.67 bits per heavy atom. The van der Waals surface area contributed by atoms with E-state index in [0.717, 1.165) is 0 Å². The van der Waals surface area contributed by atoms with Crippen LogP contribution in [0.5, 0.6) is 0 Å². The minimum atomic E-state index is -1.27. The van der Waals surface area contributed by atoms with Crippen LogP contribution >= 0.6 is 0 Å². The number of carbonyl (C=O) groups excluding carboxylic acids is 1. The predicted molar refractivity (Wildman–Crippen MR) is 75.2 cm³/mol. The number of para-hydroxylation sites is 1. The lowest BCUT2D eigenvalue weighted by Gasteiger charge is -2.13. The topological polar surface area (TPSA) is 119 Å². The van der Waals surface area contributed by atoms with Crippen LogP contribution in [0.4, 0.5) is 0 Å². The molecule has 7 heteroatoms. The molecule has 2 aromatic rings. The maximum atomic E-state index is 12.2. The summed E-state index contributed by atoms with van der Waals surface area (Å²) in [6.45, 7) is -0.384. The number of benzene rings is 1. The maximum Gasteiger partial charge on any atom is 0.326 e. The molecule has 0 aliphatic heterocycles. The minimum Gasteiger partial charge on any atom is -0.480 e. The fourth-order valence-electron chi connectivity index (χ4n) is 1.96. The van der Waals surface area contributed by atoms with Gasteiger partial charge in [0.1, 0.15) is 11.6 Å². The first-order valence-corrected chi connectivity index (χ1v) is 6.29. The van der Waals surface area contributed by atoms with Crippen molar-refractivity contribution in [2.45, 2.75) is 12.5 Å². The highest BCUT2D eigenvalue weighted by molar-refractivity contribution is 5.98. The molecule has 0 saturated carbocycles. The van der Waals surface area contributed by atoms with Crippen LogP contribution in [-0.2, 0) is 4.79 Å². The number of carboxylic acids is 1. The number of carboxylic acid groups (broad SMARTS) is 1. The van der Waals surface area contributed by atoms with Crippen molar-refractivity contribution in [1.82, 2.24) is 10.3 Å². The van der Waals surface area contributed by atoms with E-state index in [2.05, 4.69) is 10.3 Å². The molecule has 0 aliphatic rings. The molecule has 0 unspecified atom stereocenters. The van der Waals surface area contributed by atoms with Crippen LogP contribution in [0.25, 0.3) is 10.9 Å². The molecule has 110 valence electrons. The zero-order chi connectivity index (χ0) is 15.4. The van der Waals surface area contributed by atoms with Crippen molar-refractivity contribution in [3.8, 4) is 0 Å². The number of aromatic nitrogens is 1. The molecule has 0 fully saturated rings. The smallest absolute Gasteiger partial charge is 0.326 e. The third-order valence-electron chi connectivity index (χ3n) is 3.05. The average Bonchev–Trinajstić information content (AvgIpc) is 2.47. The van der Waals surface area contributed by atoms with E-state index in [-0.39, 0.29) is 18.6 Å². The number of aliphatic hydroxyl groups is 1. The number of rotatable bonds is 5. The summed E-state index contributed by atoms with van der Waals surface area (Å²) in [6, 6.07) is 5.45. The number of hydrogen-bond donors (Lipinski definition) is 4. The van der Waals surface area contributed by atoms with Crippen LogP contribution < -0.4 is 10.7 Å². The van der Waals surface area contributed by atoms with Crippen molar-refractivity contribution in [2.24, 2.45) is 0 Å². The molecule has 1 atom stereocenters. The second kappa shape index (κ2) is 6.19. The fourth-order valence-corrected chi connectivity index (χ4v) is 1.96. The van der Waals surface area contributed by atoms with Crippen molar-refractivity contribution in [3.05, 3.63) is 46.2 Å². The molecule has 0 bridgehead atoms. The number of nitrogens with one attached hydrogen (secondary N) is 2. The van der Waals surface area contributed by atoms with Gasteiger partial charge in [0.05, 0.1) is 0 Å². The van der Waals surface area contributed by atoms with E-state index in [1.54, 1.807) is 24.3 Å². The van der Waals surface area contributed by atoms with Gasteiger partial charge in [-0.25, -0.2) is 4.79 Å². The highest BCUT2D eigenvalue weighted by Gasteiger charge is 2.21. The largest absolute Gasteiger partial charge is 0.480 e. The van der Waals surface area contributed by atoms with Gasteiger partial charge in [0.25, 0.3) is 5.91 Å². The molecule has 0 radical (unpaired) electrons. The lowest BCUT2D eigenvalue weighted by Crippen LogP contribution is -2.42. The first-order chi connectivity index (χ1) is 10.0. The lowest BCUT2D eigenvalue weighted by molar-refractivity contribution is -0.139. The number of aliphatic carboxylic acids is 1. The van der Waals surface area contributed by atoms with Crippen molar-refractivity contribution >= 4 is 22.8 Å². The van der Waals surface area contributed by atoms with Gasteiger partial charge < -0.3 is 20.5 Å². The van der Waals surface area contributed by atoms with Gasteiger partial charge in [-0.3, -0.25) is 9.59 Å². The molecule has 0 saturated heterocycles. The molecule has 1 amide bonds. The Balaban J connectivity index is 2.33. The molecule has 4 N–H and O–H groups in total. The van der Waals surface area contributed by atoms with E-state index in [0.29, 0.717) is 10.9 Å². The molecular formula is C14H14N2O5. The number of pyridine rings is 1. The van der Waals surface area contributed by atoms with Gasteiger partial charge >= 0.3 is 5.97 Å². The van der Waals surface area contributed by atoms with Crippen LogP contribution in [0.1, 0.15) is 16.8 Å². The number of aliphatic hydroxyl groups excluding tert-OH is 1. The standard InChI is InChI=1S/C14H14N2O5/c17-6-5-11(14(20)21)16-13(19)9-7-15-10-4-2-1-3-8(10)12(9)18/h1-4,7,11,17H,5-6H2,(H,15,18)(H,16,19)(H,20,21)/t11-/m1/s1. The Bertz CT molecular complexity index is 737. The van der Waals surface area contributed by atoms with Crippen molar-refractivity contribution in [3.63, 3.8) is 0 Å². The van der Waals surface area contributed by atoms with Crippen LogP contribution in [0.2, 0.25) is 0 Å². The number of fused-ring (bicyclic) bond motifs is 1. The van der Waals surface area contributed by atoms with Gasteiger partial charge in [-0.15, -0.1) is 0 Å². The van der Waals surface area contributed by atoms with Gasteiger partial charge in [0.15, 0.2) is 0 Å². The SMILES string of the molecule is O=C(N[C@H](CCO)C(=O)O)c1c[nH]c2ccccc2c1=O. The Morgan fingerprint density at radius 2 is 2.00 bits per heavy atom. The molecule has 21 heavy (non-hydrogen) atoms. The first kappa shape index (κ1) is 14.7. The van der Waals surface area contributed by atoms with E-state index < -0.39 is 23.3 Å². The minimum absolute atomic E-state index is 0.132. The van der Waals surface area contributed by atoms with Crippen molar-refractivity contribution < 1.29 is 19.8 Å². The van der Waals surface area contributed by atoms with Gasteiger partial charge in [-0.1, -0.05) is 12.1 Å². The average molecular weight is 290 g/mol. The quantitative estimate of drug-likeness (QED) is 0.622. The lowest BCUT2D eigenvalue weighted by atomic mass is 10.1. The van der Waals surface area contributed by atoms with E-state index in [1.165, 1.54) is 6.20 Å². The number of aromatic amines is 1. The van der Waals surface area contributed by atoms with E-state index in [1.807, 2.05) is 0 Å². The third kappa shape index (κ3) is 3.09. The predicted octanol–water partition coefficient (Wildman–Crippen LogP) is 0.0935. The van der Waals surface area contributed by atoms with E-state index in [9.17, 15) is 14.4 Å². The Kier molecular flexibility index (Phi) is 4.34. The van der Waals surface area contributed by atoms with Crippen LogP contribution in [0, 0.1) is 0 Å². The monoisotopic (exact) mass is 290 g/mol. The summed E-state index contributed by atoms with van der Waals surface area (Å²) in [7, 11) is 0. The maximum absolute atomic E-state index is 12.2. The summed E-state index contributed by atoms with van der Waals surface area (Å²) in [6.07, 6.45) is 1.12. The zero-order valence-electron chi connectivity index (χ0n) is 11.0. The van der Waals surface area contributed by atoms with Gasteiger partial charge in [0.2, 0.25) is 5.43 Å². The van der Waals surface area contributed by atoms with Crippen LogP contribution in [-0.4, -0.2) is 39.7 Å². The molecule has 7 nitrogen and oxygen atoms in total. The molecule has 1 heterocycles. The number of hydrogen-bond acceptors (Lipinski definition) is 4. The number of carbonyl (C=O) groups is 2. The van der Waals surface area contributed by atoms with Crippen LogP contribution in [0.3, 0.4) is 0 Å². The third-order valence-corrected chi connectivity index (χ3v) is 3.05. The second-order valence-electron chi connectivity index (χ2n) is 4.45. The number of amides is 1. The van der Waals surface area contributed by atoms with E-state index >= 15 is 0 Å². The highest BCUT2D eigenvalue weighted by Crippen LogP contribution is 2.07. The Labute approximate surface area is 119 Å². The molecule has 2 rings (SSSR count). The molecule has 0 spiro atoms. The summed E-state index contributed by atoms with van der Waals surface area (Å²) in [4.78, 5) is 38.0. The van der Waals surface area contributed by atoms with E-state index in [4.69, 9.17) is 10.2 Å². The summed E-state index contributed by atoms with van der Waals surface area (Å²) >= 11 is 0. The molecule has 1 aromatic heterocycles. The second-order valence-corrected chi connectivity index (χ2v) is 4.45.